The van der Waals surface area contributed by atoms with Crippen molar-refractivity contribution in [1.29, 1.82) is 0 Å². The number of nitrogens with zero attached hydrogens (tertiary/aromatic N) is 2. The number of hydrogen-bond donors (Lipinski definition) is 1. The van der Waals surface area contributed by atoms with E-state index < -0.39 is 0 Å². The zero-order chi connectivity index (χ0) is 20.1. The molecular formula is C23H27N3O2S. The van der Waals surface area contributed by atoms with Gasteiger partial charge in [-0.3, -0.25) is 9.59 Å². The molecular weight excluding hydrogens is 382 g/mol. The Morgan fingerprint density at radius 2 is 1.66 bits per heavy atom. The normalized spacial score (nSPS) is 16.3. The van der Waals surface area contributed by atoms with Gasteiger partial charge in [-0.25, -0.2) is 0 Å². The van der Waals surface area contributed by atoms with Crippen molar-refractivity contribution in [3.63, 3.8) is 0 Å². The van der Waals surface area contributed by atoms with Crippen molar-refractivity contribution in [1.82, 2.24) is 0 Å². The Hall–Kier alpha value is -2.47. The third-order valence-electron chi connectivity index (χ3n) is 5.47. The van der Waals surface area contributed by atoms with Crippen molar-refractivity contribution < 1.29 is 9.59 Å². The summed E-state index contributed by atoms with van der Waals surface area (Å²) in [4.78, 5) is 30.3. The zero-order valence-corrected chi connectivity index (χ0v) is 17.4. The predicted octanol–water partition coefficient (Wildman–Crippen LogP) is 4.53. The smallest absolute Gasteiger partial charge is 0.227 e. The molecule has 2 amide bonds. The molecule has 0 aromatic heterocycles. The van der Waals surface area contributed by atoms with Crippen molar-refractivity contribution in [2.75, 3.05) is 40.5 Å². The molecule has 0 spiro atoms. The zero-order valence-electron chi connectivity index (χ0n) is 16.6. The van der Waals surface area contributed by atoms with Gasteiger partial charge >= 0.3 is 0 Å². The van der Waals surface area contributed by atoms with E-state index in [4.69, 9.17) is 0 Å². The van der Waals surface area contributed by atoms with Gasteiger partial charge in [-0.05, 0) is 55.7 Å². The molecule has 0 radical (unpaired) electrons. The summed E-state index contributed by atoms with van der Waals surface area (Å²) in [6.45, 7) is 2.90. The number of hydrogen-bond acceptors (Lipinski definition) is 4. The molecule has 5 nitrogen and oxygen atoms in total. The molecule has 2 heterocycles. The average Bonchev–Trinajstić information content (AvgIpc) is 2.78. The van der Waals surface area contributed by atoms with Crippen LogP contribution in [0.3, 0.4) is 0 Å². The lowest BCUT2D eigenvalue weighted by atomic mass is 10.1. The van der Waals surface area contributed by atoms with Gasteiger partial charge in [0.2, 0.25) is 11.8 Å². The van der Waals surface area contributed by atoms with E-state index in [0.717, 1.165) is 35.1 Å². The molecule has 0 bridgehead atoms. The number of thioether (sulfide) groups is 1. The number of carbonyl (C=O) groups excluding carboxylic acids is 2. The van der Waals surface area contributed by atoms with Gasteiger partial charge in [-0.2, -0.15) is 0 Å². The summed E-state index contributed by atoms with van der Waals surface area (Å²) < 4.78 is 0. The minimum Gasteiger partial charge on any atom is -0.372 e. The molecule has 4 rings (SSSR count). The van der Waals surface area contributed by atoms with Crippen molar-refractivity contribution in [2.24, 2.45) is 0 Å². The Morgan fingerprint density at radius 3 is 2.45 bits per heavy atom. The average molecular weight is 410 g/mol. The highest BCUT2D eigenvalue weighted by molar-refractivity contribution is 7.99. The lowest BCUT2D eigenvalue weighted by molar-refractivity contribution is -0.122. The maximum absolute atomic E-state index is 12.7. The standard InChI is InChI=1S/C23H27N3O2S/c27-22(24-18-8-10-19(11-9-18)25-14-4-1-5-15-25)12-13-23(28)26-16-17-29-21-7-3-2-6-20(21)26/h2-3,6-11H,1,4-5,12-17H2,(H,24,27). The van der Waals surface area contributed by atoms with Gasteiger partial charge in [0, 0.05) is 54.5 Å². The molecule has 1 N–H and O–H groups in total. The van der Waals surface area contributed by atoms with E-state index in [1.807, 2.05) is 41.3 Å². The third-order valence-corrected chi connectivity index (χ3v) is 6.51. The molecule has 2 aromatic rings. The van der Waals surface area contributed by atoms with Crippen molar-refractivity contribution in [3.05, 3.63) is 48.5 Å². The van der Waals surface area contributed by atoms with E-state index in [0.29, 0.717) is 6.54 Å². The molecule has 1 fully saturated rings. The monoisotopic (exact) mass is 409 g/mol. The summed E-state index contributed by atoms with van der Waals surface area (Å²) in [6.07, 6.45) is 4.21. The summed E-state index contributed by atoms with van der Waals surface area (Å²) in [6, 6.07) is 16.0. The Bertz CT molecular complexity index is 863. The van der Waals surface area contributed by atoms with Gasteiger partial charge in [0.05, 0.1) is 5.69 Å². The molecule has 0 aliphatic carbocycles. The molecule has 0 unspecified atom stereocenters. The fraction of sp³-hybridized carbons (Fsp3) is 0.391. The minimum absolute atomic E-state index is 0.00773. The number of nitrogens with one attached hydrogen (secondary N) is 1. The molecule has 152 valence electrons. The quantitative estimate of drug-likeness (QED) is 0.788. The number of fused-ring (bicyclic) bond motifs is 1. The maximum atomic E-state index is 12.7. The molecule has 2 aromatic carbocycles. The van der Waals surface area contributed by atoms with E-state index in [1.165, 1.54) is 24.9 Å². The van der Waals surface area contributed by atoms with Crippen LogP contribution in [0.4, 0.5) is 17.1 Å². The molecule has 2 aliphatic rings. The lowest BCUT2D eigenvalue weighted by Gasteiger charge is -2.29. The largest absolute Gasteiger partial charge is 0.372 e. The van der Waals surface area contributed by atoms with Gasteiger partial charge in [-0.1, -0.05) is 12.1 Å². The summed E-state index contributed by atoms with van der Waals surface area (Å²) in [5.74, 6) is 0.773. The molecule has 1 saturated heterocycles. The Kier molecular flexibility index (Phi) is 6.39. The number of anilines is 3. The fourth-order valence-electron chi connectivity index (χ4n) is 3.92. The van der Waals surface area contributed by atoms with Crippen LogP contribution in [0.2, 0.25) is 0 Å². The van der Waals surface area contributed by atoms with Gasteiger partial charge < -0.3 is 15.1 Å². The molecule has 0 saturated carbocycles. The first-order chi connectivity index (χ1) is 14.2. The van der Waals surface area contributed by atoms with Crippen molar-refractivity contribution >= 4 is 40.6 Å². The first-order valence-electron chi connectivity index (χ1n) is 10.4. The minimum atomic E-state index is -0.122. The third kappa shape index (κ3) is 4.93. The van der Waals surface area contributed by atoms with Crippen LogP contribution in [-0.4, -0.2) is 37.2 Å². The topological polar surface area (TPSA) is 52.7 Å². The number of rotatable bonds is 5. The van der Waals surface area contributed by atoms with E-state index in [-0.39, 0.29) is 24.7 Å². The van der Waals surface area contributed by atoms with Crippen LogP contribution in [0.25, 0.3) is 0 Å². The summed E-state index contributed by atoms with van der Waals surface area (Å²) in [5.41, 5.74) is 2.95. The Morgan fingerprint density at radius 1 is 0.897 bits per heavy atom. The van der Waals surface area contributed by atoms with Gasteiger partial charge in [0.25, 0.3) is 0 Å². The van der Waals surface area contributed by atoms with Gasteiger partial charge in [0.1, 0.15) is 0 Å². The lowest BCUT2D eigenvalue weighted by Crippen LogP contribution is -2.35. The van der Waals surface area contributed by atoms with Crippen LogP contribution in [0.5, 0.6) is 0 Å². The highest BCUT2D eigenvalue weighted by atomic mass is 32.2. The predicted molar refractivity (Wildman–Crippen MR) is 120 cm³/mol. The summed E-state index contributed by atoms with van der Waals surface area (Å²) in [7, 11) is 0. The second-order valence-corrected chi connectivity index (χ2v) is 8.64. The van der Waals surface area contributed by atoms with Crippen LogP contribution < -0.4 is 15.1 Å². The van der Waals surface area contributed by atoms with Gasteiger partial charge in [-0.15, -0.1) is 11.8 Å². The number of benzene rings is 2. The van der Waals surface area contributed by atoms with Crippen molar-refractivity contribution in [2.45, 2.75) is 37.0 Å². The fourth-order valence-corrected chi connectivity index (χ4v) is 4.91. The Labute approximate surface area is 176 Å². The van der Waals surface area contributed by atoms with E-state index >= 15 is 0 Å². The SMILES string of the molecule is O=C(CCC(=O)N1CCSc2ccccc21)Nc1ccc(N2CCCCC2)cc1. The van der Waals surface area contributed by atoms with Crippen LogP contribution in [0.1, 0.15) is 32.1 Å². The van der Waals surface area contributed by atoms with Crippen LogP contribution in [0.15, 0.2) is 53.4 Å². The first kappa shape index (κ1) is 19.8. The number of carbonyl (C=O) groups is 2. The van der Waals surface area contributed by atoms with Crippen LogP contribution in [-0.2, 0) is 9.59 Å². The van der Waals surface area contributed by atoms with Crippen molar-refractivity contribution in [3.8, 4) is 0 Å². The van der Waals surface area contributed by atoms with E-state index in [2.05, 4.69) is 22.3 Å². The maximum Gasteiger partial charge on any atom is 0.227 e. The number of para-hydroxylation sites is 1. The molecule has 6 heteroatoms. The molecule has 29 heavy (non-hydrogen) atoms. The molecule has 0 atom stereocenters. The van der Waals surface area contributed by atoms with Crippen LogP contribution in [0, 0.1) is 0 Å². The van der Waals surface area contributed by atoms with Crippen LogP contribution >= 0.6 is 11.8 Å². The Balaban J connectivity index is 1.28. The number of amides is 2. The summed E-state index contributed by atoms with van der Waals surface area (Å²) >= 11 is 1.77. The second-order valence-electron chi connectivity index (χ2n) is 7.50. The highest BCUT2D eigenvalue weighted by Gasteiger charge is 2.23. The summed E-state index contributed by atoms with van der Waals surface area (Å²) in [5, 5.41) is 2.92. The van der Waals surface area contributed by atoms with E-state index in [1.54, 1.807) is 11.8 Å². The molecule has 2 aliphatic heterocycles. The number of piperidine rings is 1. The first-order valence-corrected chi connectivity index (χ1v) is 11.4. The van der Waals surface area contributed by atoms with E-state index in [9.17, 15) is 9.59 Å². The second kappa shape index (κ2) is 9.35. The highest BCUT2D eigenvalue weighted by Crippen LogP contribution is 2.34. The van der Waals surface area contributed by atoms with Gasteiger partial charge in [0.15, 0.2) is 0 Å².